The van der Waals surface area contributed by atoms with Gasteiger partial charge in [-0.2, -0.15) is 0 Å². The molecule has 2 unspecified atom stereocenters. The minimum atomic E-state index is -0.0910. The van der Waals surface area contributed by atoms with Crippen LogP contribution in [0.15, 0.2) is 42.6 Å². The molecule has 1 aromatic carbocycles. The van der Waals surface area contributed by atoms with Crippen molar-refractivity contribution in [1.29, 1.82) is 0 Å². The van der Waals surface area contributed by atoms with Gasteiger partial charge in [0.25, 0.3) is 0 Å². The summed E-state index contributed by atoms with van der Waals surface area (Å²) in [5.41, 5.74) is 3.37. The molecule has 0 radical (unpaired) electrons. The molecule has 142 valence electrons. The highest BCUT2D eigenvalue weighted by molar-refractivity contribution is 6.30. The van der Waals surface area contributed by atoms with E-state index in [1.807, 2.05) is 25.3 Å². The number of rotatable bonds is 8. The first-order valence-electron chi connectivity index (χ1n) is 9.76. The number of carbonyl (C=O) groups is 1. The second-order valence-corrected chi connectivity index (χ2v) is 8.03. The van der Waals surface area contributed by atoms with Crippen LogP contribution < -0.4 is 4.90 Å². The number of aromatic nitrogens is 1. The van der Waals surface area contributed by atoms with Gasteiger partial charge in [0.05, 0.1) is 12.5 Å². The fourth-order valence-electron chi connectivity index (χ4n) is 3.53. The van der Waals surface area contributed by atoms with Crippen LogP contribution in [0.5, 0.6) is 0 Å². The minimum Gasteiger partial charge on any atom is -0.466 e. The van der Waals surface area contributed by atoms with Crippen LogP contribution in [0.2, 0.25) is 5.02 Å². The van der Waals surface area contributed by atoms with Crippen LogP contribution in [0.4, 0.5) is 5.69 Å². The van der Waals surface area contributed by atoms with Crippen molar-refractivity contribution in [3.05, 3.63) is 58.9 Å². The molecule has 2 aliphatic carbocycles. The van der Waals surface area contributed by atoms with E-state index in [2.05, 4.69) is 34.1 Å². The third-order valence-electron chi connectivity index (χ3n) is 5.35. The molecule has 2 aromatic rings. The Labute approximate surface area is 165 Å². The summed E-state index contributed by atoms with van der Waals surface area (Å²) in [6.07, 6.45) is 5.44. The zero-order valence-electron chi connectivity index (χ0n) is 15.6. The van der Waals surface area contributed by atoms with Gasteiger partial charge in [-0.3, -0.25) is 9.78 Å². The van der Waals surface area contributed by atoms with Gasteiger partial charge in [0.2, 0.25) is 0 Å². The Bertz CT molecular complexity index is 787. The number of benzene rings is 1. The lowest BCUT2D eigenvalue weighted by Gasteiger charge is -2.25. The normalized spacial score (nSPS) is 21.0. The van der Waals surface area contributed by atoms with Crippen molar-refractivity contribution in [2.75, 3.05) is 18.1 Å². The first-order valence-corrected chi connectivity index (χ1v) is 10.1. The number of ether oxygens (including phenoxy) is 1. The number of halogens is 1. The smallest absolute Gasteiger partial charge is 0.309 e. The quantitative estimate of drug-likeness (QED) is 0.612. The molecule has 2 atom stereocenters. The SMILES string of the molecule is CCOC(=O)C1CC1c1ccc(CN(CC2CC2)c2ccc(Cl)cc2)cn1. The average Bonchev–Trinajstić information content (AvgIpc) is 3.57. The number of nitrogens with zero attached hydrogens (tertiary/aromatic N) is 2. The van der Waals surface area contributed by atoms with Crippen molar-refractivity contribution in [2.24, 2.45) is 11.8 Å². The fourth-order valence-corrected chi connectivity index (χ4v) is 3.65. The molecule has 0 saturated heterocycles. The molecule has 2 saturated carbocycles. The van der Waals surface area contributed by atoms with Crippen LogP contribution in [0.25, 0.3) is 0 Å². The molecule has 4 nitrogen and oxygen atoms in total. The maximum absolute atomic E-state index is 11.8. The summed E-state index contributed by atoms with van der Waals surface area (Å²) < 4.78 is 5.11. The molecule has 0 spiro atoms. The first-order chi connectivity index (χ1) is 13.1. The van der Waals surface area contributed by atoms with Crippen LogP contribution in [0, 0.1) is 11.8 Å². The fraction of sp³-hybridized carbons (Fsp3) is 0.455. The maximum atomic E-state index is 11.8. The summed E-state index contributed by atoms with van der Waals surface area (Å²) in [7, 11) is 0. The second kappa shape index (κ2) is 7.89. The van der Waals surface area contributed by atoms with E-state index in [1.165, 1.54) is 24.1 Å². The molecule has 1 heterocycles. The minimum absolute atomic E-state index is 0.0104. The van der Waals surface area contributed by atoms with Gasteiger partial charge >= 0.3 is 5.97 Å². The highest BCUT2D eigenvalue weighted by Gasteiger charge is 2.46. The molecular weight excluding hydrogens is 360 g/mol. The molecule has 0 bridgehead atoms. The van der Waals surface area contributed by atoms with Gasteiger partial charge in [-0.15, -0.1) is 0 Å². The van der Waals surface area contributed by atoms with Crippen molar-refractivity contribution in [3.8, 4) is 0 Å². The summed E-state index contributed by atoms with van der Waals surface area (Å²) in [5.74, 6) is 0.914. The van der Waals surface area contributed by atoms with Gasteiger partial charge in [0, 0.05) is 41.6 Å². The van der Waals surface area contributed by atoms with Crippen LogP contribution in [0.3, 0.4) is 0 Å². The molecule has 0 N–H and O–H groups in total. The van der Waals surface area contributed by atoms with Crippen LogP contribution in [-0.4, -0.2) is 24.1 Å². The van der Waals surface area contributed by atoms with E-state index in [-0.39, 0.29) is 17.8 Å². The predicted octanol–water partition coefficient (Wildman–Crippen LogP) is 4.82. The zero-order chi connectivity index (χ0) is 18.8. The van der Waals surface area contributed by atoms with Gasteiger partial charge in [0.1, 0.15) is 0 Å². The highest BCUT2D eigenvalue weighted by Crippen LogP contribution is 2.47. The van der Waals surface area contributed by atoms with Crippen molar-refractivity contribution in [3.63, 3.8) is 0 Å². The molecule has 1 aromatic heterocycles. The average molecular weight is 385 g/mol. The Hall–Kier alpha value is -2.07. The van der Waals surface area contributed by atoms with E-state index >= 15 is 0 Å². The lowest BCUT2D eigenvalue weighted by Crippen LogP contribution is -2.25. The van der Waals surface area contributed by atoms with E-state index < -0.39 is 0 Å². The Morgan fingerprint density at radius 3 is 2.63 bits per heavy atom. The van der Waals surface area contributed by atoms with Gasteiger partial charge < -0.3 is 9.64 Å². The molecule has 5 heteroatoms. The number of anilines is 1. The maximum Gasteiger partial charge on any atom is 0.309 e. The largest absolute Gasteiger partial charge is 0.466 e. The second-order valence-electron chi connectivity index (χ2n) is 7.59. The van der Waals surface area contributed by atoms with E-state index in [9.17, 15) is 4.79 Å². The van der Waals surface area contributed by atoms with Gasteiger partial charge in [-0.05, 0) is 68.0 Å². The molecule has 2 aliphatic rings. The van der Waals surface area contributed by atoms with E-state index in [0.29, 0.717) is 6.61 Å². The zero-order valence-corrected chi connectivity index (χ0v) is 16.4. The number of hydrogen-bond donors (Lipinski definition) is 0. The lowest BCUT2D eigenvalue weighted by molar-refractivity contribution is -0.144. The van der Waals surface area contributed by atoms with Gasteiger partial charge in [-0.25, -0.2) is 0 Å². The highest BCUT2D eigenvalue weighted by atomic mass is 35.5. The van der Waals surface area contributed by atoms with E-state index in [4.69, 9.17) is 16.3 Å². The van der Waals surface area contributed by atoms with Gasteiger partial charge in [-0.1, -0.05) is 17.7 Å². The standard InChI is InChI=1S/C22H25ClN2O2/c1-2-27-22(26)20-11-19(20)21-10-5-16(12-24-21)14-25(13-15-3-4-15)18-8-6-17(23)7-9-18/h5-10,12,15,19-20H,2-4,11,13-14H2,1H3. The third kappa shape index (κ3) is 4.62. The summed E-state index contributed by atoms with van der Waals surface area (Å²) in [5, 5.41) is 0.761. The van der Waals surface area contributed by atoms with Crippen LogP contribution in [-0.2, 0) is 16.1 Å². The topological polar surface area (TPSA) is 42.4 Å². The van der Waals surface area contributed by atoms with Crippen molar-refractivity contribution >= 4 is 23.3 Å². The summed E-state index contributed by atoms with van der Waals surface area (Å²) in [6.45, 7) is 4.18. The Morgan fingerprint density at radius 1 is 1.22 bits per heavy atom. The summed E-state index contributed by atoms with van der Waals surface area (Å²) in [4.78, 5) is 18.9. The number of pyridine rings is 1. The molecule has 0 amide bonds. The first kappa shape index (κ1) is 18.3. The predicted molar refractivity (Wildman–Crippen MR) is 107 cm³/mol. The molecular formula is C22H25ClN2O2. The van der Waals surface area contributed by atoms with Crippen molar-refractivity contribution in [1.82, 2.24) is 4.98 Å². The van der Waals surface area contributed by atoms with E-state index in [1.54, 1.807) is 0 Å². The van der Waals surface area contributed by atoms with Crippen molar-refractivity contribution < 1.29 is 9.53 Å². The Morgan fingerprint density at radius 2 is 2.00 bits per heavy atom. The lowest BCUT2D eigenvalue weighted by atomic mass is 10.1. The van der Waals surface area contributed by atoms with E-state index in [0.717, 1.165) is 36.1 Å². The van der Waals surface area contributed by atoms with Crippen molar-refractivity contribution in [2.45, 2.75) is 38.6 Å². The van der Waals surface area contributed by atoms with Crippen LogP contribution in [0.1, 0.15) is 43.4 Å². The third-order valence-corrected chi connectivity index (χ3v) is 5.60. The number of carbonyl (C=O) groups excluding carboxylic acids is 1. The van der Waals surface area contributed by atoms with Gasteiger partial charge in [0.15, 0.2) is 0 Å². The molecule has 4 rings (SSSR count). The number of esters is 1. The molecule has 27 heavy (non-hydrogen) atoms. The van der Waals surface area contributed by atoms with Crippen LogP contribution >= 0.6 is 11.6 Å². The molecule has 0 aliphatic heterocycles. The summed E-state index contributed by atoms with van der Waals surface area (Å²) in [6, 6.07) is 12.3. The monoisotopic (exact) mass is 384 g/mol. The number of hydrogen-bond acceptors (Lipinski definition) is 4. The Balaban J connectivity index is 1.41. The summed E-state index contributed by atoms with van der Waals surface area (Å²) >= 11 is 6.04. The molecule has 2 fully saturated rings. The Kier molecular flexibility index (Phi) is 5.35.